The molecule has 2 fully saturated rings. The fourth-order valence-electron chi connectivity index (χ4n) is 4.47. The van der Waals surface area contributed by atoms with Crippen molar-refractivity contribution in [3.8, 4) is 0 Å². The number of H-pyrrole nitrogens is 1. The zero-order valence-electron chi connectivity index (χ0n) is 13.3. The maximum Gasteiger partial charge on any atom is 0.0921 e. The van der Waals surface area contributed by atoms with Crippen molar-refractivity contribution in [1.29, 1.82) is 0 Å². The van der Waals surface area contributed by atoms with Crippen LogP contribution in [0.2, 0.25) is 0 Å². The molecule has 0 saturated heterocycles. The smallest absolute Gasteiger partial charge is 0.0921 e. The number of nitrogens with one attached hydrogen (secondary N) is 1. The SMILES string of the molecule is CCC(C1CCCCC1)C(O)[C@H](Cc1cnc[nH]1)C1CC1. The summed E-state index contributed by atoms with van der Waals surface area (Å²) in [5, 5.41) is 11.1. The van der Waals surface area contributed by atoms with Gasteiger partial charge in [-0.2, -0.15) is 0 Å². The summed E-state index contributed by atoms with van der Waals surface area (Å²) in [4.78, 5) is 7.35. The van der Waals surface area contributed by atoms with Gasteiger partial charge in [-0.3, -0.25) is 0 Å². The van der Waals surface area contributed by atoms with Gasteiger partial charge in [-0.25, -0.2) is 4.98 Å². The molecule has 0 radical (unpaired) electrons. The van der Waals surface area contributed by atoms with Crippen LogP contribution in [0.25, 0.3) is 0 Å². The third-order valence-corrected chi connectivity index (χ3v) is 5.84. The molecule has 0 spiro atoms. The van der Waals surface area contributed by atoms with Gasteiger partial charge < -0.3 is 10.1 Å². The highest BCUT2D eigenvalue weighted by Gasteiger charge is 2.40. The highest BCUT2D eigenvalue weighted by molar-refractivity contribution is 5.01. The van der Waals surface area contributed by atoms with Crippen LogP contribution in [0.5, 0.6) is 0 Å². The molecule has 118 valence electrons. The highest BCUT2D eigenvalue weighted by atomic mass is 16.3. The Hall–Kier alpha value is -0.830. The molecule has 0 amide bonds. The Balaban J connectivity index is 1.67. The van der Waals surface area contributed by atoms with Crippen LogP contribution in [0.3, 0.4) is 0 Å². The quantitative estimate of drug-likeness (QED) is 0.799. The van der Waals surface area contributed by atoms with Crippen LogP contribution >= 0.6 is 0 Å². The standard InChI is InChI=1S/C18H30N2O/c1-2-16(13-6-4-3-5-7-13)18(21)17(14-8-9-14)10-15-11-19-12-20-15/h11-14,16-18,21H,2-10H2,1H3,(H,19,20)/t16?,17-,18?/m1/s1. The topological polar surface area (TPSA) is 48.9 Å². The summed E-state index contributed by atoms with van der Waals surface area (Å²) in [7, 11) is 0. The molecule has 3 heteroatoms. The van der Waals surface area contributed by atoms with Crippen LogP contribution in [0.4, 0.5) is 0 Å². The summed E-state index contributed by atoms with van der Waals surface area (Å²) in [5.74, 6) is 2.42. The monoisotopic (exact) mass is 290 g/mol. The summed E-state index contributed by atoms with van der Waals surface area (Å²) < 4.78 is 0. The Morgan fingerprint density at radius 2 is 1.86 bits per heavy atom. The van der Waals surface area contributed by atoms with E-state index in [0.29, 0.717) is 11.8 Å². The summed E-state index contributed by atoms with van der Waals surface area (Å²) in [6.07, 6.45) is 15.0. The predicted molar refractivity (Wildman–Crippen MR) is 84.9 cm³/mol. The summed E-state index contributed by atoms with van der Waals surface area (Å²) in [6, 6.07) is 0. The largest absolute Gasteiger partial charge is 0.393 e. The van der Waals surface area contributed by atoms with Gasteiger partial charge in [0.15, 0.2) is 0 Å². The Morgan fingerprint density at radius 1 is 1.14 bits per heavy atom. The van der Waals surface area contributed by atoms with E-state index in [4.69, 9.17) is 0 Å². The average molecular weight is 290 g/mol. The zero-order valence-corrected chi connectivity index (χ0v) is 13.3. The fraction of sp³-hybridized carbons (Fsp3) is 0.833. The maximum absolute atomic E-state index is 11.1. The molecule has 0 aromatic carbocycles. The molecule has 1 aromatic rings. The van der Waals surface area contributed by atoms with E-state index in [9.17, 15) is 5.11 Å². The lowest BCUT2D eigenvalue weighted by molar-refractivity contribution is 0.00339. The molecule has 0 aliphatic heterocycles. The zero-order chi connectivity index (χ0) is 14.7. The summed E-state index contributed by atoms with van der Waals surface area (Å²) in [6.45, 7) is 2.27. The fourth-order valence-corrected chi connectivity index (χ4v) is 4.47. The minimum Gasteiger partial charge on any atom is -0.393 e. The number of nitrogens with zero attached hydrogens (tertiary/aromatic N) is 1. The number of imidazole rings is 1. The third-order valence-electron chi connectivity index (χ3n) is 5.84. The molecule has 0 bridgehead atoms. The van der Waals surface area contributed by atoms with Crippen molar-refractivity contribution in [2.75, 3.05) is 0 Å². The lowest BCUT2D eigenvalue weighted by Crippen LogP contribution is -2.36. The third kappa shape index (κ3) is 3.68. The Labute approximate surface area is 128 Å². The van der Waals surface area contributed by atoms with Crippen molar-refractivity contribution in [3.63, 3.8) is 0 Å². The Morgan fingerprint density at radius 3 is 2.43 bits per heavy atom. The van der Waals surface area contributed by atoms with Crippen molar-refractivity contribution in [1.82, 2.24) is 9.97 Å². The lowest BCUT2D eigenvalue weighted by Gasteiger charge is -2.36. The first-order valence-corrected chi connectivity index (χ1v) is 8.95. The first-order valence-electron chi connectivity index (χ1n) is 8.95. The lowest BCUT2D eigenvalue weighted by atomic mass is 9.72. The number of aromatic amines is 1. The van der Waals surface area contributed by atoms with Crippen molar-refractivity contribution < 1.29 is 5.11 Å². The molecule has 2 aliphatic rings. The van der Waals surface area contributed by atoms with Crippen LogP contribution in [0.15, 0.2) is 12.5 Å². The molecule has 21 heavy (non-hydrogen) atoms. The number of hydrogen-bond donors (Lipinski definition) is 2. The second-order valence-electron chi connectivity index (χ2n) is 7.24. The van der Waals surface area contributed by atoms with Crippen LogP contribution in [-0.2, 0) is 6.42 Å². The van der Waals surface area contributed by atoms with E-state index in [1.54, 1.807) is 6.33 Å². The summed E-state index contributed by atoms with van der Waals surface area (Å²) >= 11 is 0. The molecule has 2 saturated carbocycles. The molecule has 3 atom stereocenters. The summed E-state index contributed by atoms with van der Waals surface area (Å²) in [5.41, 5.74) is 1.18. The van der Waals surface area contributed by atoms with E-state index in [-0.39, 0.29) is 6.10 Å². The van der Waals surface area contributed by atoms with Gasteiger partial charge in [-0.15, -0.1) is 0 Å². The van der Waals surface area contributed by atoms with Gasteiger partial charge in [0, 0.05) is 11.9 Å². The number of aliphatic hydroxyl groups excluding tert-OH is 1. The minimum absolute atomic E-state index is 0.131. The van der Waals surface area contributed by atoms with Gasteiger partial charge >= 0.3 is 0 Å². The van der Waals surface area contributed by atoms with Crippen molar-refractivity contribution in [3.05, 3.63) is 18.2 Å². The molecule has 1 aromatic heterocycles. The van der Waals surface area contributed by atoms with E-state index < -0.39 is 0 Å². The van der Waals surface area contributed by atoms with E-state index in [2.05, 4.69) is 16.9 Å². The van der Waals surface area contributed by atoms with Gasteiger partial charge in [0.05, 0.1) is 12.4 Å². The number of hydrogen-bond acceptors (Lipinski definition) is 2. The first-order chi connectivity index (χ1) is 10.3. The van der Waals surface area contributed by atoms with Crippen molar-refractivity contribution in [2.24, 2.45) is 23.7 Å². The van der Waals surface area contributed by atoms with Crippen LogP contribution in [-0.4, -0.2) is 21.2 Å². The Kier molecular flexibility index (Phi) is 4.99. The molecule has 3 nitrogen and oxygen atoms in total. The van der Waals surface area contributed by atoms with Gasteiger partial charge in [-0.1, -0.05) is 45.4 Å². The van der Waals surface area contributed by atoms with Gasteiger partial charge in [0.1, 0.15) is 0 Å². The first kappa shape index (κ1) is 15.1. The molecule has 2 unspecified atom stereocenters. The second-order valence-corrected chi connectivity index (χ2v) is 7.24. The molecular formula is C18H30N2O. The van der Waals surface area contributed by atoms with Crippen LogP contribution in [0.1, 0.15) is 64.0 Å². The molecule has 3 rings (SSSR count). The van der Waals surface area contributed by atoms with E-state index in [1.807, 2.05) is 6.20 Å². The van der Waals surface area contributed by atoms with Crippen molar-refractivity contribution in [2.45, 2.75) is 70.8 Å². The van der Waals surface area contributed by atoms with Gasteiger partial charge in [-0.05, 0) is 42.9 Å². The van der Waals surface area contributed by atoms with Crippen LogP contribution < -0.4 is 0 Å². The molecule has 2 N–H and O–H groups in total. The van der Waals surface area contributed by atoms with Gasteiger partial charge in [0.2, 0.25) is 0 Å². The Bertz CT molecular complexity index is 407. The number of rotatable bonds is 7. The maximum atomic E-state index is 11.1. The second kappa shape index (κ2) is 6.95. The average Bonchev–Trinajstić information content (AvgIpc) is 3.23. The van der Waals surface area contributed by atoms with Gasteiger partial charge in [0.25, 0.3) is 0 Å². The van der Waals surface area contributed by atoms with Crippen LogP contribution in [0, 0.1) is 23.7 Å². The van der Waals surface area contributed by atoms with E-state index in [0.717, 1.165) is 24.7 Å². The molecule has 1 heterocycles. The van der Waals surface area contributed by atoms with E-state index in [1.165, 1.54) is 50.6 Å². The van der Waals surface area contributed by atoms with Crippen molar-refractivity contribution >= 4 is 0 Å². The minimum atomic E-state index is -0.131. The normalized spacial score (nSPS) is 24.7. The number of aliphatic hydroxyl groups is 1. The van der Waals surface area contributed by atoms with E-state index >= 15 is 0 Å². The molecule has 2 aliphatic carbocycles. The predicted octanol–water partition coefficient (Wildman–Crippen LogP) is 3.95. The molecular weight excluding hydrogens is 260 g/mol. The number of aromatic nitrogens is 2. The highest BCUT2D eigenvalue weighted by Crippen LogP contribution is 2.44.